The quantitative estimate of drug-likeness (QED) is 0.818. The van der Waals surface area contributed by atoms with E-state index >= 15 is 0 Å². The second-order valence-corrected chi connectivity index (χ2v) is 5.04. The molecule has 0 aliphatic heterocycles. The van der Waals surface area contributed by atoms with E-state index in [2.05, 4.69) is 15.2 Å². The van der Waals surface area contributed by atoms with E-state index in [0.29, 0.717) is 13.2 Å². The van der Waals surface area contributed by atoms with Gasteiger partial charge in [0, 0.05) is 18.3 Å². The Morgan fingerprint density at radius 1 is 1.24 bits per heavy atom. The van der Waals surface area contributed by atoms with Crippen LogP contribution < -0.4 is 10.1 Å². The Labute approximate surface area is 125 Å². The fraction of sp³-hybridized carbons (Fsp3) is 0.312. The second kappa shape index (κ2) is 7.50. The molecule has 21 heavy (non-hydrogen) atoms. The molecule has 2 aromatic rings. The molecule has 1 heterocycles. The SMILES string of the molecule is CN(C)CCOc1cccc(NCc2ccc(O)cn2)c1. The van der Waals surface area contributed by atoms with E-state index in [1.807, 2.05) is 38.4 Å². The third-order valence-electron chi connectivity index (χ3n) is 2.92. The number of rotatable bonds is 7. The topological polar surface area (TPSA) is 57.6 Å². The third-order valence-corrected chi connectivity index (χ3v) is 2.92. The van der Waals surface area contributed by atoms with Crippen LogP contribution in [0.4, 0.5) is 5.69 Å². The van der Waals surface area contributed by atoms with Gasteiger partial charge in [0.1, 0.15) is 18.1 Å². The summed E-state index contributed by atoms with van der Waals surface area (Å²) in [5.41, 5.74) is 1.85. The highest BCUT2D eigenvalue weighted by molar-refractivity contribution is 5.48. The fourth-order valence-electron chi connectivity index (χ4n) is 1.76. The highest BCUT2D eigenvalue weighted by Crippen LogP contribution is 2.18. The smallest absolute Gasteiger partial charge is 0.133 e. The number of aromatic nitrogens is 1. The molecule has 2 rings (SSSR count). The first-order chi connectivity index (χ1) is 10.1. The van der Waals surface area contributed by atoms with Crippen LogP contribution in [0.5, 0.6) is 11.5 Å². The number of nitrogens with one attached hydrogen (secondary N) is 1. The van der Waals surface area contributed by atoms with Crippen LogP contribution in [0.15, 0.2) is 42.6 Å². The van der Waals surface area contributed by atoms with Gasteiger partial charge in [-0.05, 0) is 38.4 Å². The van der Waals surface area contributed by atoms with Crippen LogP contribution >= 0.6 is 0 Å². The van der Waals surface area contributed by atoms with Gasteiger partial charge in [-0.1, -0.05) is 6.07 Å². The zero-order valence-corrected chi connectivity index (χ0v) is 12.4. The third kappa shape index (κ3) is 5.31. The highest BCUT2D eigenvalue weighted by Gasteiger charge is 1.99. The van der Waals surface area contributed by atoms with Crippen molar-refractivity contribution < 1.29 is 9.84 Å². The van der Waals surface area contributed by atoms with Gasteiger partial charge in [0.2, 0.25) is 0 Å². The van der Waals surface area contributed by atoms with Crippen molar-refractivity contribution in [1.82, 2.24) is 9.88 Å². The summed E-state index contributed by atoms with van der Waals surface area (Å²) in [5.74, 6) is 1.02. The van der Waals surface area contributed by atoms with E-state index in [1.165, 1.54) is 6.20 Å². The summed E-state index contributed by atoms with van der Waals surface area (Å²) in [7, 11) is 4.04. The molecule has 0 atom stereocenters. The van der Waals surface area contributed by atoms with E-state index in [1.54, 1.807) is 12.1 Å². The summed E-state index contributed by atoms with van der Waals surface area (Å²) in [6.45, 7) is 2.15. The summed E-state index contributed by atoms with van der Waals surface area (Å²) in [6.07, 6.45) is 1.44. The van der Waals surface area contributed by atoms with E-state index in [9.17, 15) is 5.11 Å². The fourth-order valence-corrected chi connectivity index (χ4v) is 1.76. The van der Waals surface area contributed by atoms with Gasteiger partial charge in [-0.3, -0.25) is 4.98 Å². The molecule has 0 bridgehead atoms. The van der Waals surface area contributed by atoms with Crippen molar-refractivity contribution in [2.45, 2.75) is 6.54 Å². The monoisotopic (exact) mass is 287 g/mol. The minimum atomic E-state index is 0.176. The largest absolute Gasteiger partial charge is 0.506 e. The maximum Gasteiger partial charge on any atom is 0.133 e. The van der Waals surface area contributed by atoms with E-state index in [-0.39, 0.29) is 5.75 Å². The van der Waals surface area contributed by atoms with Crippen molar-refractivity contribution in [3.63, 3.8) is 0 Å². The van der Waals surface area contributed by atoms with Crippen LogP contribution in [0.1, 0.15) is 5.69 Å². The van der Waals surface area contributed by atoms with Crippen LogP contribution in [-0.2, 0) is 6.54 Å². The Morgan fingerprint density at radius 2 is 2.10 bits per heavy atom. The highest BCUT2D eigenvalue weighted by atomic mass is 16.5. The van der Waals surface area contributed by atoms with Crippen molar-refractivity contribution in [2.24, 2.45) is 0 Å². The van der Waals surface area contributed by atoms with Gasteiger partial charge < -0.3 is 20.1 Å². The predicted octanol–water partition coefficient (Wildman–Crippen LogP) is 2.34. The first-order valence-corrected chi connectivity index (χ1v) is 6.89. The molecule has 0 unspecified atom stereocenters. The van der Waals surface area contributed by atoms with Crippen molar-refractivity contribution >= 4 is 5.69 Å². The lowest BCUT2D eigenvalue weighted by Crippen LogP contribution is -2.19. The average molecular weight is 287 g/mol. The van der Waals surface area contributed by atoms with Gasteiger partial charge in [0.05, 0.1) is 18.4 Å². The number of anilines is 1. The molecule has 5 nitrogen and oxygen atoms in total. The van der Waals surface area contributed by atoms with Crippen LogP contribution in [0.2, 0.25) is 0 Å². The zero-order valence-electron chi connectivity index (χ0n) is 12.4. The Hall–Kier alpha value is -2.27. The Bertz CT molecular complexity index is 556. The van der Waals surface area contributed by atoms with Gasteiger partial charge >= 0.3 is 0 Å². The number of hydrogen-bond donors (Lipinski definition) is 2. The minimum Gasteiger partial charge on any atom is -0.506 e. The van der Waals surface area contributed by atoms with Crippen LogP contribution in [0.3, 0.4) is 0 Å². The Kier molecular flexibility index (Phi) is 5.40. The Balaban J connectivity index is 1.87. The number of aromatic hydroxyl groups is 1. The molecule has 112 valence electrons. The first-order valence-electron chi connectivity index (χ1n) is 6.89. The first kappa shape index (κ1) is 15.1. The number of nitrogens with zero attached hydrogens (tertiary/aromatic N) is 2. The molecule has 0 aliphatic carbocycles. The summed E-state index contributed by atoms with van der Waals surface area (Å²) in [5, 5.41) is 12.5. The van der Waals surface area contributed by atoms with E-state index < -0.39 is 0 Å². The number of benzene rings is 1. The predicted molar refractivity (Wildman–Crippen MR) is 83.7 cm³/mol. The maximum atomic E-state index is 9.20. The molecule has 0 radical (unpaired) electrons. The van der Waals surface area contributed by atoms with Gasteiger partial charge in [-0.15, -0.1) is 0 Å². The zero-order chi connectivity index (χ0) is 15.1. The lowest BCUT2D eigenvalue weighted by molar-refractivity contribution is 0.261. The molecule has 0 fully saturated rings. The van der Waals surface area contributed by atoms with E-state index in [4.69, 9.17) is 4.74 Å². The van der Waals surface area contributed by atoms with Crippen molar-refractivity contribution in [1.29, 1.82) is 0 Å². The molecule has 0 amide bonds. The Morgan fingerprint density at radius 3 is 2.81 bits per heavy atom. The molecule has 2 N–H and O–H groups in total. The van der Waals surface area contributed by atoms with Crippen molar-refractivity contribution in [3.05, 3.63) is 48.3 Å². The van der Waals surface area contributed by atoms with Gasteiger partial charge in [0.25, 0.3) is 0 Å². The number of ether oxygens (including phenoxy) is 1. The lowest BCUT2D eigenvalue weighted by atomic mass is 10.3. The maximum absolute atomic E-state index is 9.20. The van der Waals surface area contributed by atoms with Gasteiger partial charge in [0.15, 0.2) is 0 Å². The van der Waals surface area contributed by atoms with Crippen molar-refractivity contribution in [3.8, 4) is 11.5 Å². The summed E-state index contributed by atoms with van der Waals surface area (Å²) >= 11 is 0. The second-order valence-electron chi connectivity index (χ2n) is 5.04. The number of hydrogen-bond acceptors (Lipinski definition) is 5. The normalized spacial score (nSPS) is 10.6. The summed E-state index contributed by atoms with van der Waals surface area (Å²) in [6, 6.07) is 11.3. The van der Waals surface area contributed by atoms with Crippen LogP contribution in [-0.4, -0.2) is 42.2 Å². The van der Waals surface area contributed by atoms with E-state index in [0.717, 1.165) is 23.7 Å². The minimum absolute atomic E-state index is 0.176. The molecule has 5 heteroatoms. The average Bonchev–Trinajstić information content (AvgIpc) is 2.47. The molecule has 1 aromatic heterocycles. The molecule has 1 aromatic carbocycles. The summed E-state index contributed by atoms with van der Waals surface area (Å²) in [4.78, 5) is 6.22. The number of pyridine rings is 1. The number of likely N-dealkylation sites (N-methyl/N-ethyl adjacent to an activating group) is 1. The molecule has 0 spiro atoms. The van der Waals surface area contributed by atoms with Crippen LogP contribution in [0, 0.1) is 0 Å². The molecular weight excluding hydrogens is 266 g/mol. The molecule has 0 saturated carbocycles. The van der Waals surface area contributed by atoms with Gasteiger partial charge in [-0.25, -0.2) is 0 Å². The molecular formula is C16H21N3O2. The lowest BCUT2D eigenvalue weighted by Gasteiger charge is -2.12. The standard InChI is InChI=1S/C16H21N3O2/c1-19(2)8-9-21-16-5-3-4-13(10-16)17-11-14-6-7-15(20)12-18-14/h3-7,10,12,17,20H,8-9,11H2,1-2H3. The summed E-state index contributed by atoms with van der Waals surface area (Å²) < 4.78 is 5.69. The van der Waals surface area contributed by atoms with Gasteiger partial charge in [-0.2, -0.15) is 0 Å². The molecule has 0 saturated heterocycles. The van der Waals surface area contributed by atoms with Crippen molar-refractivity contribution in [2.75, 3.05) is 32.6 Å². The van der Waals surface area contributed by atoms with Crippen LogP contribution in [0.25, 0.3) is 0 Å². The molecule has 0 aliphatic rings.